The van der Waals surface area contributed by atoms with Crippen molar-refractivity contribution in [3.63, 3.8) is 0 Å². The first kappa shape index (κ1) is 19.9. The maximum Gasteiger partial charge on any atom is 0.363 e. The Morgan fingerprint density at radius 2 is 1.57 bits per heavy atom. The van der Waals surface area contributed by atoms with E-state index in [4.69, 9.17) is 20.5 Å². The lowest BCUT2D eigenvalue weighted by atomic mass is 10.1. The average Bonchev–Trinajstić information content (AvgIpc) is 3.10. The minimum Gasteiger partial charge on any atom is -0.402 e. The molecule has 150 valence electrons. The number of cyclic esters (lactones) is 1. The number of hydrogen-bond donors (Lipinski definition) is 0. The topological polar surface area (TPSA) is 82.0 Å². The van der Waals surface area contributed by atoms with E-state index in [0.717, 1.165) is 0 Å². The molecule has 0 amide bonds. The molecule has 0 radical (unpaired) electrons. The summed E-state index contributed by atoms with van der Waals surface area (Å²) in [4.78, 5) is 16.5. The van der Waals surface area contributed by atoms with Gasteiger partial charge in [0.15, 0.2) is 5.70 Å². The Morgan fingerprint density at radius 3 is 2.33 bits per heavy atom. The first-order chi connectivity index (χ1) is 14.4. The van der Waals surface area contributed by atoms with E-state index in [9.17, 15) is 13.2 Å². The number of para-hydroxylation sites is 1. The number of rotatable bonds is 5. The molecule has 1 aliphatic rings. The Labute approximate surface area is 178 Å². The smallest absolute Gasteiger partial charge is 0.363 e. The van der Waals surface area contributed by atoms with Gasteiger partial charge in [-0.25, -0.2) is 9.79 Å². The van der Waals surface area contributed by atoms with Crippen molar-refractivity contribution < 1.29 is 22.1 Å². The van der Waals surface area contributed by atoms with Gasteiger partial charge >= 0.3 is 16.1 Å². The molecule has 0 unspecified atom stereocenters. The van der Waals surface area contributed by atoms with Crippen molar-refractivity contribution in [2.75, 3.05) is 0 Å². The number of halogens is 1. The summed E-state index contributed by atoms with van der Waals surface area (Å²) in [6.45, 7) is 0. The highest BCUT2D eigenvalue weighted by Crippen LogP contribution is 2.28. The van der Waals surface area contributed by atoms with E-state index in [1.807, 2.05) is 0 Å². The molecule has 1 heterocycles. The molecule has 0 saturated carbocycles. The van der Waals surface area contributed by atoms with Gasteiger partial charge in [-0.05, 0) is 36.4 Å². The summed E-state index contributed by atoms with van der Waals surface area (Å²) >= 11 is 6.14. The normalized spacial score (nSPS) is 15.0. The van der Waals surface area contributed by atoms with Gasteiger partial charge in [-0.1, -0.05) is 60.1 Å². The maximum atomic E-state index is 12.6. The summed E-state index contributed by atoms with van der Waals surface area (Å²) in [6, 6.07) is 21.0. The van der Waals surface area contributed by atoms with E-state index in [1.165, 1.54) is 24.3 Å². The summed E-state index contributed by atoms with van der Waals surface area (Å²) in [5, 5.41) is 0.392. The molecule has 0 saturated heterocycles. The summed E-state index contributed by atoms with van der Waals surface area (Å²) in [5.74, 6) is -0.541. The van der Waals surface area contributed by atoms with Crippen molar-refractivity contribution >= 4 is 39.7 Å². The molecule has 0 spiro atoms. The predicted octanol–water partition coefficient (Wildman–Crippen LogP) is 4.45. The van der Waals surface area contributed by atoms with Crippen molar-refractivity contribution in [2.24, 2.45) is 4.99 Å². The van der Waals surface area contributed by atoms with Crippen LogP contribution in [0.15, 0.2) is 94.4 Å². The number of hydrogen-bond acceptors (Lipinski definition) is 6. The fourth-order valence-corrected chi connectivity index (χ4v) is 3.93. The Morgan fingerprint density at radius 1 is 0.900 bits per heavy atom. The Hall–Kier alpha value is -3.42. The van der Waals surface area contributed by atoms with Crippen LogP contribution < -0.4 is 4.18 Å². The number of carbonyl (C=O) groups is 1. The lowest BCUT2D eigenvalue weighted by molar-refractivity contribution is -0.129. The van der Waals surface area contributed by atoms with Gasteiger partial charge in [-0.15, -0.1) is 0 Å². The van der Waals surface area contributed by atoms with Crippen molar-refractivity contribution in [1.82, 2.24) is 0 Å². The van der Waals surface area contributed by atoms with Crippen molar-refractivity contribution in [3.8, 4) is 5.75 Å². The number of carbonyl (C=O) groups excluding carboxylic acids is 1. The fourth-order valence-electron chi connectivity index (χ4n) is 2.74. The molecule has 3 aromatic carbocycles. The zero-order valence-electron chi connectivity index (χ0n) is 15.4. The second-order valence-electron chi connectivity index (χ2n) is 6.20. The van der Waals surface area contributed by atoms with E-state index in [2.05, 4.69) is 4.99 Å². The highest BCUT2D eigenvalue weighted by molar-refractivity contribution is 7.87. The van der Waals surface area contributed by atoms with Crippen LogP contribution in [0.2, 0.25) is 5.02 Å². The molecular weight excluding hydrogens is 426 g/mol. The van der Waals surface area contributed by atoms with E-state index >= 15 is 0 Å². The largest absolute Gasteiger partial charge is 0.402 e. The van der Waals surface area contributed by atoms with Gasteiger partial charge in [-0.2, -0.15) is 8.42 Å². The fraction of sp³-hybridized carbons (Fsp3) is 0. The third-order valence-electron chi connectivity index (χ3n) is 4.17. The number of esters is 1. The number of nitrogens with zero attached hydrogens (tertiary/aromatic N) is 1. The van der Waals surface area contributed by atoms with Crippen molar-refractivity contribution in [3.05, 3.63) is 101 Å². The zero-order chi connectivity index (χ0) is 21.1. The van der Waals surface area contributed by atoms with Crippen LogP contribution in [0.3, 0.4) is 0 Å². The zero-order valence-corrected chi connectivity index (χ0v) is 16.9. The highest BCUT2D eigenvalue weighted by Gasteiger charge is 2.26. The summed E-state index contributed by atoms with van der Waals surface area (Å²) in [5.41, 5.74) is 0.832. The standard InChI is InChI=1S/C22H14ClNO5S/c23-18-12-6-5-11-17(18)21-24-19(22(25)28-21)14-15-8-4-7-13-20(15)29-30(26,27)16-9-2-1-3-10-16/h1-14H/b19-14-. The van der Waals surface area contributed by atoms with Crippen LogP contribution in [0.1, 0.15) is 11.1 Å². The van der Waals surface area contributed by atoms with Gasteiger partial charge in [0.2, 0.25) is 5.90 Å². The van der Waals surface area contributed by atoms with Crippen LogP contribution in [-0.2, 0) is 19.6 Å². The van der Waals surface area contributed by atoms with E-state index in [0.29, 0.717) is 16.1 Å². The molecule has 0 aliphatic carbocycles. The maximum absolute atomic E-state index is 12.6. The van der Waals surface area contributed by atoms with E-state index < -0.39 is 16.1 Å². The Balaban J connectivity index is 1.68. The summed E-state index contributed by atoms with van der Waals surface area (Å²) < 4.78 is 35.6. The van der Waals surface area contributed by atoms with Crippen LogP contribution in [-0.4, -0.2) is 20.3 Å². The minimum absolute atomic E-state index is 0.00178. The van der Waals surface area contributed by atoms with Crippen LogP contribution in [0.25, 0.3) is 6.08 Å². The van der Waals surface area contributed by atoms with Gasteiger partial charge in [0.1, 0.15) is 10.6 Å². The highest BCUT2D eigenvalue weighted by atomic mass is 35.5. The second kappa shape index (κ2) is 8.14. The van der Waals surface area contributed by atoms with Gasteiger partial charge in [0, 0.05) is 5.56 Å². The van der Waals surface area contributed by atoms with E-state index in [1.54, 1.807) is 60.7 Å². The van der Waals surface area contributed by atoms with Gasteiger partial charge in [-0.3, -0.25) is 0 Å². The van der Waals surface area contributed by atoms with E-state index in [-0.39, 0.29) is 22.2 Å². The molecule has 4 rings (SSSR count). The molecule has 0 atom stereocenters. The van der Waals surface area contributed by atoms with Crippen molar-refractivity contribution in [1.29, 1.82) is 0 Å². The molecule has 1 aliphatic heterocycles. The van der Waals surface area contributed by atoms with Gasteiger partial charge in [0.05, 0.1) is 10.6 Å². The lowest BCUT2D eigenvalue weighted by Crippen LogP contribution is -2.10. The average molecular weight is 440 g/mol. The quantitative estimate of drug-likeness (QED) is 0.333. The van der Waals surface area contributed by atoms with Crippen LogP contribution in [0, 0.1) is 0 Å². The minimum atomic E-state index is -4.04. The molecule has 0 fully saturated rings. The lowest BCUT2D eigenvalue weighted by Gasteiger charge is -2.09. The first-order valence-corrected chi connectivity index (χ1v) is 10.6. The predicted molar refractivity (Wildman–Crippen MR) is 113 cm³/mol. The molecule has 8 heteroatoms. The SMILES string of the molecule is O=C1OC(c2ccccc2Cl)=N/C1=C\c1ccccc1OS(=O)(=O)c1ccccc1. The Kier molecular flexibility index (Phi) is 5.39. The number of benzene rings is 3. The summed E-state index contributed by atoms with van der Waals surface area (Å²) in [6.07, 6.45) is 1.40. The molecule has 3 aromatic rings. The van der Waals surface area contributed by atoms with Crippen LogP contribution in [0.4, 0.5) is 0 Å². The van der Waals surface area contributed by atoms with Crippen LogP contribution >= 0.6 is 11.6 Å². The van der Waals surface area contributed by atoms with Crippen molar-refractivity contribution in [2.45, 2.75) is 4.90 Å². The molecular formula is C22H14ClNO5S. The molecule has 30 heavy (non-hydrogen) atoms. The Bertz CT molecular complexity index is 1280. The molecule has 6 nitrogen and oxygen atoms in total. The molecule has 0 aromatic heterocycles. The van der Waals surface area contributed by atoms with Crippen LogP contribution in [0.5, 0.6) is 5.75 Å². The number of ether oxygens (including phenoxy) is 1. The second-order valence-corrected chi connectivity index (χ2v) is 8.16. The third-order valence-corrected chi connectivity index (χ3v) is 5.75. The molecule has 0 N–H and O–H groups in total. The monoisotopic (exact) mass is 439 g/mol. The first-order valence-electron chi connectivity index (χ1n) is 8.80. The number of aliphatic imine (C=N–C) groups is 1. The third kappa shape index (κ3) is 4.12. The summed E-state index contributed by atoms with van der Waals surface area (Å²) in [7, 11) is -4.04. The van der Waals surface area contributed by atoms with Gasteiger partial charge in [0.25, 0.3) is 0 Å². The van der Waals surface area contributed by atoms with Gasteiger partial charge < -0.3 is 8.92 Å². The molecule has 0 bridgehead atoms.